The molecule has 0 unspecified atom stereocenters. The first-order valence-corrected chi connectivity index (χ1v) is 8.58. The average Bonchev–Trinajstić information content (AvgIpc) is 3.08. The van der Waals surface area contributed by atoms with Crippen LogP contribution in [0.2, 0.25) is 0 Å². The van der Waals surface area contributed by atoms with Crippen LogP contribution in [-0.4, -0.2) is 22.0 Å². The first kappa shape index (κ1) is 18.3. The van der Waals surface area contributed by atoms with Crippen molar-refractivity contribution in [2.45, 2.75) is 27.2 Å². The number of benzene rings is 1. The molecule has 2 heterocycles. The van der Waals surface area contributed by atoms with E-state index in [0.29, 0.717) is 17.1 Å². The molecular formula is C20H20N4O3. The van der Waals surface area contributed by atoms with Crippen molar-refractivity contribution < 1.29 is 14.1 Å². The van der Waals surface area contributed by atoms with Crippen molar-refractivity contribution in [3.05, 3.63) is 70.7 Å². The molecule has 7 nitrogen and oxygen atoms in total. The molecule has 0 bridgehead atoms. The van der Waals surface area contributed by atoms with E-state index in [0.717, 1.165) is 23.2 Å². The van der Waals surface area contributed by atoms with Gasteiger partial charge in [0.15, 0.2) is 5.82 Å². The van der Waals surface area contributed by atoms with Crippen molar-refractivity contribution in [2.24, 2.45) is 0 Å². The summed E-state index contributed by atoms with van der Waals surface area (Å²) in [6.45, 7) is 5.70. The maximum absolute atomic E-state index is 12.7. The van der Waals surface area contributed by atoms with Crippen LogP contribution < -0.4 is 10.6 Å². The van der Waals surface area contributed by atoms with Crippen molar-refractivity contribution in [1.82, 2.24) is 10.1 Å². The first-order valence-electron chi connectivity index (χ1n) is 8.58. The van der Waals surface area contributed by atoms with Crippen LogP contribution in [0.15, 0.2) is 47.1 Å². The molecule has 3 rings (SSSR count). The Morgan fingerprint density at radius 3 is 2.59 bits per heavy atom. The van der Waals surface area contributed by atoms with E-state index >= 15 is 0 Å². The third-order valence-electron chi connectivity index (χ3n) is 4.10. The summed E-state index contributed by atoms with van der Waals surface area (Å²) < 4.78 is 4.91. The van der Waals surface area contributed by atoms with Crippen LogP contribution in [0.1, 0.15) is 44.7 Å². The molecule has 0 atom stereocenters. The Balaban J connectivity index is 1.79. The molecule has 0 fully saturated rings. The Morgan fingerprint density at radius 1 is 1.07 bits per heavy atom. The van der Waals surface area contributed by atoms with Crippen LogP contribution in [0.4, 0.5) is 11.5 Å². The molecule has 0 aliphatic heterocycles. The maximum atomic E-state index is 12.7. The lowest BCUT2D eigenvalue weighted by atomic mass is 10.1. The third kappa shape index (κ3) is 4.20. The van der Waals surface area contributed by atoms with E-state index in [1.807, 2.05) is 32.0 Å². The minimum absolute atomic E-state index is 0.115. The highest BCUT2D eigenvalue weighted by Gasteiger charge is 2.15. The zero-order valence-electron chi connectivity index (χ0n) is 15.4. The molecule has 2 amide bonds. The Hall–Kier alpha value is -3.48. The van der Waals surface area contributed by atoms with E-state index in [4.69, 9.17) is 4.52 Å². The lowest BCUT2D eigenvalue weighted by Crippen LogP contribution is -2.18. The van der Waals surface area contributed by atoms with Gasteiger partial charge in [-0.2, -0.15) is 0 Å². The summed E-state index contributed by atoms with van der Waals surface area (Å²) in [6, 6.07) is 10.5. The average molecular weight is 364 g/mol. The Morgan fingerprint density at radius 2 is 1.89 bits per heavy atom. The molecule has 27 heavy (non-hydrogen) atoms. The van der Waals surface area contributed by atoms with Gasteiger partial charge in [-0.15, -0.1) is 0 Å². The van der Waals surface area contributed by atoms with Gasteiger partial charge in [-0.1, -0.05) is 30.3 Å². The number of pyridine rings is 1. The number of hydrogen-bond acceptors (Lipinski definition) is 5. The summed E-state index contributed by atoms with van der Waals surface area (Å²) in [5.74, 6) is 0.105. The van der Waals surface area contributed by atoms with Crippen LogP contribution in [-0.2, 0) is 6.42 Å². The fraction of sp³-hybridized carbons (Fsp3) is 0.200. The van der Waals surface area contributed by atoms with Crippen LogP contribution in [0.25, 0.3) is 0 Å². The van der Waals surface area contributed by atoms with Gasteiger partial charge in [-0.05, 0) is 43.5 Å². The predicted octanol–water partition coefficient (Wildman–Crippen LogP) is 3.75. The van der Waals surface area contributed by atoms with Gasteiger partial charge < -0.3 is 15.2 Å². The molecule has 2 N–H and O–H groups in total. The number of rotatable bonds is 5. The Bertz CT molecular complexity index is 994. The Kier molecular flexibility index (Phi) is 5.30. The molecule has 0 aliphatic rings. The minimum Gasteiger partial charge on any atom is -0.360 e. The number of amides is 2. The third-order valence-corrected chi connectivity index (χ3v) is 4.10. The van der Waals surface area contributed by atoms with E-state index in [9.17, 15) is 9.59 Å². The second kappa shape index (κ2) is 7.82. The molecule has 1 aromatic carbocycles. The lowest BCUT2D eigenvalue weighted by molar-refractivity contribution is 0.102. The number of aromatic nitrogens is 2. The number of anilines is 2. The summed E-state index contributed by atoms with van der Waals surface area (Å²) in [5.41, 5.74) is 3.29. The topological polar surface area (TPSA) is 97.1 Å². The molecule has 3 aromatic rings. The van der Waals surface area contributed by atoms with Gasteiger partial charge in [0.05, 0.1) is 0 Å². The summed E-state index contributed by atoms with van der Waals surface area (Å²) in [5, 5.41) is 9.23. The molecule has 0 saturated carbocycles. The normalized spacial score (nSPS) is 10.5. The largest absolute Gasteiger partial charge is 0.360 e. The molecule has 0 radical (unpaired) electrons. The zero-order chi connectivity index (χ0) is 19.4. The van der Waals surface area contributed by atoms with Crippen molar-refractivity contribution in [1.29, 1.82) is 0 Å². The second-order valence-electron chi connectivity index (χ2n) is 6.12. The van der Waals surface area contributed by atoms with E-state index in [-0.39, 0.29) is 11.6 Å². The van der Waals surface area contributed by atoms with Gasteiger partial charge in [0.25, 0.3) is 11.8 Å². The SMILES string of the molecule is CCc1cccc(C)c1NC(=O)c1ccnc(C(=O)Nc2cc(C)on2)c1. The van der Waals surface area contributed by atoms with E-state index < -0.39 is 5.91 Å². The number of aryl methyl sites for hydroxylation is 3. The number of para-hydroxylation sites is 1. The molecule has 0 aliphatic carbocycles. The number of carbonyl (C=O) groups excluding carboxylic acids is 2. The lowest BCUT2D eigenvalue weighted by Gasteiger charge is -2.13. The van der Waals surface area contributed by atoms with Crippen LogP contribution in [0, 0.1) is 13.8 Å². The zero-order valence-corrected chi connectivity index (χ0v) is 15.4. The molecule has 0 spiro atoms. The maximum Gasteiger partial charge on any atom is 0.275 e. The molecule has 7 heteroatoms. The van der Waals surface area contributed by atoms with Crippen LogP contribution in [0.5, 0.6) is 0 Å². The number of nitrogens with one attached hydrogen (secondary N) is 2. The van der Waals surface area contributed by atoms with Gasteiger partial charge in [-0.25, -0.2) is 0 Å². The Labute approximate surface area is 156 Å². The van der Waals surface area contributed by atoms with Crippen molar-refractivity contribution >= 4 is 23.3 Å². The van der Waals surface area contributed by atoms with Crippen molar-refractivity contribution in [3.63, 3.8) is 0 Å². The minimum atomic E-state index is -0.469. The van der Waals surface area contributed by atoms with E-state index in [1.165, 1.54) is 12.3 Å². The quantitative estimate of drug-likeness (QED) is 0.718. The van der Waals surface area contributed by atoms with Crippen molar-refractivity contribution in [2.75, 3.05) is 10.6 Å². The number of carbonyl (C=O) groups is 2. The highest BCUT2D eigenvalue weighted by atomic mass is 16.5. The van der Waals surface area contributed by atoms with Gasteiger partial charge in [0.2, 0.25) is 0 Å². The highest BCUT2D eigenvalue weighted by molar-refractivity contribution is 6.08. The predicted molar refractivity (Wildman–Crippen MR) is 102 cm³/mol. The smallest absolute Gasteiger partial charge is 0.275 e. The van der Waals surface area contributed by atoms with E-state index in [2.05, 4.69) is 20.8 Å². The fourth-order valence-electron chi connectivity index (χ4n) is 2.69. The molecule has 138 valence electrons. The second-order valence-corrected chi connectivity index (χ2v) is 6.12. The summed E-state index contributed by atoms with van der Waals surface area (Å²) in [6.07, 6.45) is 2.23. The van der Waals surface area contributed by atoms with Crippen molar-refractivity contribution in [3.8, 4) is 0 Å². The number of nitrogens with zero attached hydrogens (tertiary/aromatic N) is 2. The summed E-state index contributed by atoms with van der Waals surface area (Å²) in [4.78, 5) is 29.0. The summed E-state index contributed by atoms with van der Waals surface area (Å²) in [7, 11) is 0. The van der Waals surface area contributed by atoms with Crippen LogP contribution >= 0.6 is 0 Å². The monoisotopic (exact) mass is 364 g/mol. The molecular weight excluding hydrogens is 344 g/mol. The molecule has 2 aromatic heterocycles. The summed E-state index contributed by atoms with van der Waals surface area (Å²) >= 11 is 0. The van der Waals surface area contributed by atoms with Crippen LogP contribution in [0.3, 0.4) is 0 Å². The van der Waals surface area contributed by atoms with Gasteiger partial charge in [-0.3, -0.25) is 14.6 Å². The highest BCUT2D eigenvalue weighted by Crippen LogP contribution is 2.22. The number of hydrogen-bond donors (Lipinski definition) is 2. The first-order chi connectivity index (χ1) is 13.0. The van der Waals surface area contributed by atoms with Gasteiger partial charge in [0, 0.05) is 23.5 Å². The van der Waals surface area contributed by atoms with Gasteiger partial charge >= 0.3 is 0 Å². The van der Waals surface area contributed by atoms with E-state index in [1.54, 1.807) is 19.1 Å². The fourth-order valence-corrected chi connectivity index (χ4v) is 2.69. The standard InChI is InChI=1S/C20H20N4O3/c1-4-14-7-5-6-12(2)18(14)23-19(25)15-8-9-21-16(11-15)20(26)22-17-10-13(3)27-24-17/h5-11H,4H2,1-3H3,(H,23,25)(H,22,24,26). The molecule has 0 saturated heterocycles. The van der Waals surface area contributed by atoms with Gasteiger partial charge in [0.1, 0.15) is 11.5 Å².